The molecule has 0 atom stereocenters. The number of fused-ring (bicyclic) bond motifs is 1. The third kappa shape index (κ3) is 1.44. The van der Waals surface area contributed by atoms with Gasteiger partial charge in [-0.25, -0.2) is 0 Å². The number of rotatable bonds is 2. The van der Waals surface area contributed by atoms with Crippen LogP contribution in [-0.2, 0) is 0 Å². The molecule has 0 spiro atoms. The monoisotopic (exact) mass is 201 g/mol. The molecule has 0 saturated heterocycles. The number of aromatic nitrogens is 1. The Morgan fingerprint density at radius 3 is 2.87 bits per heavy atom. The predicted octanol–water partition coefficient (Wildman–Crippen LogP) is 3.83. The molecule has 15 heavy (non-hydrogen) atoms. The molecule has 78 valence electrons. The van der Waals surface area contributed by atoms with Gasteiger partial charge in [0.1, 0.15) is 11.3 Å². The van der Waals surface area contributed by atoms with Gasteiger partial charge in [-0.1, -0.05) is 13.8 Å². The van der Waals surface area contributed by atoms with Gasteiger partial charge >= 0.3 is 0 Å². The van der Waals surface area contributed by atoms with Crippen molar-refractivity contribution in [2.24, 2.45) is 0 Å². The first-order chi connectivity index (χ1) is 7.25. The Bertz CT molecular complexity index is 494. The summed E-state index contributed by atoms with van der Waals surface area (Å²) in [6, 6.07) is 4.17. The van der Waals surface area contributed by atoms with Crippen molar-refractivity contribution in [3.05, 3.63) is 29.7 Å². The summed E-state index contributed by atoms with van der Waals surface area (Å²) in [6.07, 6.45) is 4.43. The third-order valence-corrected chi connectivity index (χ3v) is 3.06. The van der Waals surface area contributed by atoms with Gasteiger partial charge in [0, 0.05) is 23.7 Å². The summed E-state index contributed by atoms with van der Waals surface area (Å²) in [5, 5.41) is 0. The third-order valence-electron chi connectivity index (χ3n) is 3.06. The van der Waals surface area contributed by atoms with Crippen LogP contribution in [0.2, 0.25) is 0 Å². The summed E-state index contributed by atoms with van der Waals surface area (Å²) in [7, 11) is 0. The average molecular weight is 201 g/mol. The van der Waals surface area contributed by atoms with Gasteiger partial charge in [-0.05, 0) is 24.8 Å². The summed E-state index contributed by atoms with van der Waals surface area (Å²) in [5.41, 5.74) is 3.28. The highest BCUT2D eigenvalue weighted by atomic mass is 16.3. The molecular formula is C13H15NO. The van der Waals surface area contributed by atoms with Gasteiger partial charge in [0.2, 0.25) is 0 Å². The molecule has 2 heterocycles. The maximum Gasteiger partial charge on any atom is 0.156 e. The second-order valence-electron chi connectivity index (χ2n) is 4.69. The highest BCUT2D eigenvalue weighted by Gasteiger charge is 2.27. The number of furan rings is 1. The summed E-state index contributed by atoms with van der Waals surface area (Å²) in [5.74, 6) is 2.29. The molecule has 2 aromatic heterocycles. The largest absolute Gasteiger partial charge is 0.459 e. The van der Waals surface area contributed by atoms with Crippen molar-refractivity contribution in [2.45, 2.75) is 38.5 Å². The number of hydrogen-bond donors (Lipinski definition) is 0. The van der Waals surface area contributed by atoms with E-state index in [1.54, 1.807) is 0 Å². The zero-order valence-corrected chi connectivity index (χ0v) is 9.16. The fourth-order valence-electron chi connectivity index (χ4n) is 2.00. The Balaban J connectivity index is 2.19. The molecule has 1 saturated carbocycles. The van der Waals surface area contributed by atoms with Crippen LogP contribution in [0.4, 0.5) is 0 Å². The quantitative estimate of drug-likeness (QED) is 0.738. The van der Waals surface area contributed by atoms with Crippen LogP contribution in [0.15, 0.2) is 22.7 Å². The zero-order chi connectivity index (χ0) is 10.4. The summed E-state index contributed by atoms with van der Waals surface area (Å²) < 4.78 is 5.92. The molecule has 0 N–H and O–H groups in total. The van der Waals surface area contributed by atoms with E-state index in [1.807, 2.05) is 6.20 Å². The smallest absolute Gasteiger partial charge is 0.156 e. The molecule has 0 unspecified atom stereocenters. The normalized spacial score (nSPS) is 16.5. The van der Waals surface area contributed by atoms with E-state index in [0.29, 0.717) is 11.8 Å². The minimum atomic E-state index is 0.494. The van der Waals surface area contributed by atoms with Gasteiger partial charge < -0.3 is 4.42 Å². The van der Waals surface area contributed by atoms with E-state index >= 15 is 0 Å². The lowest BCUT2D eigenvalue weighted by atomic mass is 10.0. The molecule has 0 amide bonds. The molecule has 0 radical (unpaired) electrons. The molecule has 3 rings (SSSR count). The second-order valence-corrected chi connectivity index (χ2v) is 4.69. The predicted molar refractivity (Wildman–Crippen MR) is 60.1 cm³/mol. The molecule has 2 nitrogen and oxygen atoms in total. The van der Waals surface area contributed by atoms with Crippen LogP contribution in [0.5, 0.6) is 0 Å². The minimum absolute atomic E-state index is 0.494. The topological polar surface area (TPSA) is 26.0 Å². The maximum atomic E-state index is 5.92. The van der Waals surface area contributed by atoms with E-state index in [4.69, 9.17) is 4.42 Å². The van der Waals surface area contributed by atoms with Crippen molar-refractivity contribution >= 4 is 11.1 Å². The van der Waals surface area contributed by atoms with Crippen molar-refractivity contribution in [1.82, 2.24) is 4.98 Å². The van der Waals surface area contributed by atoms with Crippen LogP contribution < -0.4 is 0 Å². The molecule has 2 heteroatoms. The maximum absolute atomic E-state index is 5.92. The minimum Gasteiger partial charge on any atom is -0.459 e. The lowest BCUT2D eigenvalue weighted by Crippen LogP contribution is -1.88. The number of nitrogens with zero attached hydrogens (tertiary/aromatic N) is 1. The zero-order valence-electron chi connectivity index (χ0n) is 9.16. The van der Waals surface area contributed by atoms with E-state index in [0.717, 1.165) is 16.9 Å². The molecule has 0 aliphatic heterocycles. The first kappa shape index (κ1) is 8.96. The summed E-state index contributed by atoms with van der Waals surface area (Å²) in [6.45, 7) is 4.38. The van der Waals surface area contributed by atoms with Crippen molar-refractivity contribution in [3.8, 4) is 0 Å². The second kappa shape index (κ2) is 3.09. The molecule has 0 aromatic carbocycles. The fourth-order valence-corrected chi connectivity index (χ4v) is 2.00. The van der Waals surface area contributed by atoms with Crippen LogP contribution in [0.25, 0.3) is 11.1 Å². The van der Waals surface area contributed by atoms with Gasteiger partial charge in [-0.15, -0.1) is 0 Å². The first-order valence-electron chi connectivity index (χ1n) is 5.64. The highest BCUT2D eigenvalue weighted by Crippen LogP contribution is 2.42. The van der Waals surface area contributed by atoms with Crippen LogP contribution in [0, 0.1) is 0 Å². The Labute approximate surface area is 89.3 Å². The Kier molecular flexibility index (Phi) is 1.84. The highest BCUT2D eigenvalue weighted by molar-refractivity contribution is 5.77. The SMILES string of the molecule is CC(C)c1ccnc2cc(C3CC3)oc12. The van der Waals surface area contributed by atoms with Gasteiger partial charge in [-0.2, -0.15) is 0 Å². The first-order valence-corrected chi connectivity index (χ1v) is 5.64. The standard InChI is InChI=1S/C13H15NO/c1-8(2)10-5-6-14-11-7-12(9-3-4-9)15-13(10)11/h5-9H,3-4H2,1-2H3. The fraction of sp³-hybridized carbons (Fsp3) is 0.462. The van der Waals surface area contributed by atoms with Crippen molar-refractivity contribution < 1.29 is 4.42 Å². The van der Waals surface area contributed by atoms with E-state index in [2.05, 4.69) is 31.0 Å². The molecule has 1 fully saturated rings. The van der Waals surface area contributed by atoms with Gasteiger partial charge in [0.25, 0.3) is 0 Å². The average Bonchev–Trinajstić information content (AvgIpc) is 2.96. The van der Waals surface area contributed by atoms with E-state index < -0.39 is 0 Å². The molecule has 2 aromatic rings. The number of pyridine rings is 1. The van der Waals surface area contributed by atoms with Crippen LogP contribution in [-0.4, -0.2) is 4.98 Å². The van der Waals surface area contributed by atoms with Crippen molar-refractivity contribution in [2.75, 3.05) is 0 Å². The van der Waals surface area contributed by atoms with E-state index in [9.17, 15) is 0 Å². The Hall–Kier alpha value is -1.31. The van der Waals surface area contributed by atoms with Crippen molar-refractivity contribution in [3.63, 3.8) is 0 Å². The Morgan fingerprint density at radius 1 is 1.40 bits per heavy atom. The van der Waals surface area contributed by atoms with Crippen LogP contribution in [0.3, 0.4) is 0 Å². The lowest BCUT2D eigenvalue weighted by Gasteiger charge is -2.04. The summed E-state index contributed by atoms with van der Waals surface area (Å²) >= 11 is 0. The van der Waals surface area contributed by atoms with Crippen LogP contribution in [0.1, 0.15) is 49.8 Å². The number of hydrogen-bond acceptors (Lipinski definition) is 2. The van der Waals surface area contributed by atoms with Crippen LogP contribution >= 0.6 is 0 Å². The molecule has 1 aliphatic rings. The van der Waals surface area contributed by atoms with Gasteiger partial charge in [0.15, 0.2) is 5.58 Å². The Morgan fingerprint density at radius 2 is 2.20 bits per heavy atom. The summed E-state index contributed by atoms with van der Waals surface area (Å²) in [4.78, 5) is 4.36. The van der Waals surface area contributed by atoms with Gasteiger partial charge in [-0.3, -0.25) is 4.98 Å². The lowest BCUT2D eigenvalue weighted by molar-refractivity contribution is 0.547. The van der Waals surface area contributed by atoms with Gasteiger partial charge in [0.05, 0.1) is 0 Å². The van der Waals surface area contributed by atoms with E-state index in [-0.39, 0.29) is 0 Å². The van der Waals surface area contributed by atoms with Crippen molar-refractivity contribution in [1.29, 1.82) is 0 Å². The molecular weight excluding hydrogens is 186 g/mol. The van der Waals surface area contributed by atoms with E-state index in [1.165, 1.54) is 18.4 Å². The molecule has 1 aliphatic carbocycles. The molecule has 0 bridgehead atoms.